The second-order valence-electron chi connectivity index (χ2n) is 4.46. The molecule has 20 heavy (non-hydrogen) atoms. The van der Waals surface area contributed by atoms with E-state index >= 15 is 0 Å². The molecule has 0 fully saturated rings. The first-order chi connectivity index (χ1) is 9.61. The van der Waals surface area contributed by atoms with Crippen LogP contribution in [0.3, 0.4) is 0 Å². The number of ether oxygens (including phenoxy) is 1. The predicted molar refractivity (Wildman–Crippen MR) is 81.2 cm³/mol. The average molecular weight is 270 g/mol. The Kier molecular flexibility index (Phi) is 4.25. The lowest BCUT2D eigenvalue weighted by Gasteiger charge is -2.13. The highest BCUT2D eigenvalue weighted by molar-refractivity contribution is 6.06. The molecule has 0 spiro atoms. The van der Waals surface area contributed by atoms with Crippen molar-refractivity contribution in [1.82, 2.24) is 0 Å². The molecule has 2 aromatic carbocycles. The highest BCUT2D eigenvalue weighted by atomic mass is 16.5. The van der Waals surface area contributed by atoms with E-state index in [4.69, 9.17) is 10.5 Å². The maximum Gasteiger partial charge on any atom is 0.256 e. The minimum absolute atomic E-state index is 0.158. The van der Waals surface area contributed by atoms with Crippen LogP contribution >= 0.6 is 0 Å². The molecule has 0 saturated heterocycles. The molecule has 4 nitrogen and oxygen atoms in total. The first kappa shape index (κ1) is 13.9. The fourth-order valence-corrected chi connectivity index (χ4v) is 1.93. The van der Waals surface area contributed by atoms with Crippen molar-refractivity contribution in [1.29, 1.82) is 0 Å². The Labute approximate surface area is 118 Å². The van der Waals surface area contributed by atoms with Gasteiger partial charge in [-0.25, -0.2) is 0 Å². The molecule has 0 atom stereocenters. The number of nitrogens with two attached hydrogens (primary N) is 1. The van der Waals surface area contributed by atoms with Crippen LogP contribution in [0.25, 0.3) is 0 Å². The van der Waals surface area contributed by atoms with Crippen molar-refractivity contribution in [3.63, 3.8) is 0 Å². The summed E-state index contributed by atoms with van der Waals surface area (Å²) in [7, 11) is 0. The van der Waals surface area contributed by atoms with Crippen LogP contribution in [0, 0.1) is 6.92 Å². The standard InChI is InChI=1S/C16H18N2O2/c1-3-20-15-10-12(17)8-9-14(15)18-16(19)13-7-5-4-6-11(13)2/h4-10H,3,17H2,1-2H3,(H,18,19). The van der Waals surface area contributed by atoms with Crippen LogP contribution in [0.4, 0.5) is 11.4 Å². The number of benzene rings is 2. The molecule has 0 heterocycles. The molecule has 0 saturated carbocycles. The van der Waals surface area contributed by atoms with Crippen LogP contribution in [-0.4, -0.2) is 12.5 Å². The zero-order chi connectivity index (χ0) is 14.5. The zero-order valence-corrected chi connectivity index (χ0v) is 11.6. The summed E-state index contributed by atoms with van der Waals surface area (Å²) < 4.78 is 5.49. The SMILES string of the molecule is CCOc1cc(N)ccc1NC(=O)c1ccccc1C. The Bertz CT molecular complexity index is 624. The molecule has 1 amide bonds. The Morgan fingerprint density at radius 2 is 2.00 bits per heavy atom. The van der Waals surface area contributed by atoms with E-state index in [1.54, 1.807) is 24.3 Å². The maximum atomic E-state index is 12.3. The molecule has 4 heteroatoms. The molecule has 2 rings (SSSR count). The number of amides is 1. The van der Waals surface area contributed by atoms with E-state index in [9.17, 15) is 4.79 Å². The highest BCUT2D eigenvalue weighted by Crippen LogP contribution is 2.27. The van der Waals surface area contributed by atoms with E-state index in [-0.39, 0.29) is 5.91 Å². The number of carbonyl (C=O) groups is 1. The Morgan fingerprint density at radius 1 is 1.25 bits per heavy atom. The second-order valence-corrected chi connectivity index (χ2v) is 4.46. The fraction of sp³-hybridized carbons (Fsp3) is 0.188. The smallest absolute Gasteiger partial charge is 0.256 e. The van der Waals surface area contributed by atoms with Crippen molar-refractivity contribution in [2.75, 3.05) is 17.7 Å². The lowest BCUT2D eigenvalue weighted by atomic mass is 10.1. The van der Waals surface area contributed by atoms with E-state index < -0.39 is 0 Å². The number of nitrogen functional groups attached to an aromatic ring is 1. The Hall–Kier alpha value is -2.49. The third-order valence-corrected chi connectivity index (χ3v) is 2.94. The summed E-state index contributed by atoms with van der Waals surface area (Å²) in [4.78, 5) is 12.3. The normalized spacial score (nSPS) is 10.1. The van der Waals surface area contributed by atoms with Crippen molar-refractivity contribution in [3.05, 3.63) is 53.6 Å². The van der Waals surface area contributed by atoms with Crippen molar-refractivity contribution >= 4 is 17.3 Å². The van der Waals surface area contributed by atoms with Crippen LogP contribution in [-0.2, 0) is 0 Å². The van der Waals surface area contributed by atoms with Gasteiger partial charge in [0.1, 0.15) is 5.75 Å². The topological polar surface area (TPSA) is 64.3 Å². The summed E-state index contributed by atoms with van der Waals surface area (Å²) in [5.74, 6) is 0.420. The molecule has 0 aliphatic heterocycles. The van der Waals surface area contributed by atoms with E-state index in [1.165, 1.54) is 0 Å². The maximum absolute atomic E-state index is 12.3. The number of aryl methyl sites for hydroxylation is 1. The number of carbonyl (C=O) groups excluding carboxylic acids is 1. The summed E-state index contributed by atoms with van der Waals surface area (Å²) in [5.41, 5.74) is 8.52. The largest absolute Gasteiger partial charge is 0.492 e. The van der Waals surface area contributed by atoms with Crippen LogP contribution in [0.15, 0.2) is 42.5 Å². The highest BCUT2D eigenvalue weighted by Gasteiger charge is 2.11. The minimum atomic E-state index is -0.158. The molecular formula is C16H18N2O2. The van der Waals surface area contributed by atoms with E-state index in [2.05, 4.69) is 5.32 Å². The number of hydrogen-bond donors (Lipinski definition) is 2. The summed E-state index contributed by atoms with van der Waals surface area (Å²) in [6, 6.07) is 12.6. The first-order valence-electron chi connectivity index (χ1n) is 6.51. The first-order valence-corrected chi connectivity index (χ1v) is 6.51. The van der Waals surface area contributed by atoms with Crippen molar-refractivity contribution < 1.29 is 9.53 Å². The van der Waals surface area contributed by atoms with Crippen molar-refractivity contribution in [2.45, 2.75) is 13.8 Å². The summed E-state index contributed by atoms with van der Waals surface area (Å²) >= 11 is 0. The lowest BCUT2D eigenvalue weighted by Crippen LogP contribution is -2.14. The van der Waals surface area contributed by atoms with Crippen LogP contribution in [0.5, 0.6) is 5.75 Å². The third kappa shape index (κ3) is 3.09. The summed E-state index contributed by atoms with van der Waals surface area (Å²) in [5, 5.41) is 2.86. The van der Waals surface area contributed by atoms with Gasteiger partial charge in [-0.05, 0) is 37.6 Å². The van der Waals surface area contributed by atoms with Crippen LogP contribution in [0.2, 0.25) is 0 Å². The van der Waals surface area contributed by atoms with Gasteiger partial charge in [0.25, 0.3) is 5.91 Å². The van der Waals surface area contributed by atoms with Gasteiger partial charge in [0, 0.05) is 17.3 Å². The van der Waals surface area contributed by atoms with Crippen molar-refractivity contribution in [3.8, 4) is 5.75 Å². The molecule has 104 valence electrons. The molecule has 0 aliphatic rings. The Morgan fingerprint density at radius 3 is 2.70 bits per heavy atom. The van der Waals surface area contributed by atoms with Gasteiger partial charge in [0.2, 0.25) is 0 Å². The molecule has 3 N–H and O–H groups in total. The molecule has 0 bridgehead atoms. The van der Waals surface area contributed by atoms with Gasteiger partial charge in [-0.3, -0.25) is 4.79 Å². The van der Waals surface area contributed by atoms with Gasteiger partial charge >= 0.3 is 0 Å². The van der Waals surface area contributed by atoms with Gasteiger partial charge < -0.3 is 15.8 Å². The quantitative estimate of drug-likeness (QED) is 0.838. The van der Waals surface area contributed by atoms with Gasteiger partial charge in [-0.2, -0.15) is 0 Å². The van der Waals surface area contributed by atoms with Gasteiger partial charge in [-0.1, -0.05) is 18.2 Å². The van der Waals surface area contributed by atoms with Crippen LogP contribution in [0.1, 0.15) is 22.8 Å². The second kappa shape index (κ2) is 6.10. The number of nitrogens with one attached hydrogen (secondary N) is 1. The van der Waals surface area contributed by atoms with E-state index in [1.807, 2.05) is 32.0 Å². The number of rotatable bonds is 4. The van der Waals surface area contributed by atoms with E-state index in [0.29, 0.717) is 29.3 Å². The van der Waals surface area contributed by atoms with Gasteiger partial charge in [-0.15, -0.1) is 0 Å². The number of anilines is 2. The summed E-state index contributed by atoms with van der Waals surface area (Å²) in [6.45, 7) is 4.30. The third-order valence-electron chi connectivity index (χ3n) is 2.94. The van der Waals surface area contributed by atoms with Crippen molar-refractivity contribution in [2.24, 2.45) is 0 Å². The summed E-state index contributed by atoms with van der Waals surface area (Å²) in [6.07, 6.45) is 0. The Balaban J connectivity index is 2.26. The van der Waals surface area contributed by atoms with Gasteiger partial charge in [0.05, 0.1) is 12.3 Å². The molecular weight excluding hydrogens is 252 g/mol. The predicted octanol–water partition coefficient (Wildman–Crippen LogP) is 3.23. The minimum Gasteiger partial charge on any atom is -0.492 e. The van der Waals surface area contributed by atoms with Gasteiger partial charge in [0.15, 0.2) is 0 Å². The molecule has 0 unspecified atom stereocenters. The van der Waals surface area contributed by atoms with Crippen LogP contribution < -0.4 is 15.8 Å². The molecule has 2 aromatic rings. The van der Waals surface area contributed by atoms with E-state index in [0.717, 1.165) is 5.56 Å². The lowest BCUT2D eigenvalue weighted by molar-refractivity contribution is 0.102. The molecule has 0 aliphatic carbocycles. The molecule has 0 aromatic heterocycles. The zero-order valence-electron chi connectivity index (χ0n) is 11.6. The monoisotopic (exact) mass is 270 g/mol. The molecule has 0 radical (unpaired) electrons. The number of hydrogen-bond acceptors (Lipinski definition) is 3. The fourth-order valence-electron chi connectivity index (χ4n) is 1.93. The average Bonchev–Trinajstić information content (AvgIpc) is 2.42.